The summed E-state index contributed by atoms with van der Waals surface area (Å²) in [5.74, 6) is -1.73. The lowest BCUT2D eigenvalue weighted by Crippen LogP contribution is -2.35. The van der Waals surface area contributed by atoms with E-state index >= 15 is 0 Å². The summed E-state index contributed by atoms with van der Waals surface area (Å²) in [6.07, 6.45) is 0. The van der Waals surface area contributed by atoms with Gasteiger partial charge < -0.3 is 16.0 Å². The van der Waals surface area contributed by atoms with Crippen LogP contribution < -0.4 is 16.0 Å². The van der Waals surface area contributed by atoms with Crippen molar-refractivity contribution >= 4 is 40.5 Å². The Balaban J connectivity index is 1.81. The molecule has 8 nitrogen and oxygen atoms in total. The maximum absolute atomic E-state index is 13.8. The summed E-state index contributed by atoms with van der Waals surface area (Å²) >= 11 is 5.98. The highest BCUT2D eigenvalue weighted by molar-refractivity contribution is 6.30. The van der Waals surface area contributed by atoms with E-state index in [-0.39, 0.29) is 11.3 Å². The van der Waals surface area contributed by atoms with Gasteiger partial charge in [-0.15, -0.1) is 0 Å². The van der Waals surface area contributed by atoms with Gasteiger partial charge in [-0.25, -0.2) is 0 Å². The molecule has 3 aromatic rings. The van der Waals surface area contributed by atoms with Crippen LogP contribution in [0, 0.1) is 24.0 Å². The van der Waals surface area contributed by atoms with Gasteiger partial charge >= 0.3 is 0 Å². The zero-order valence-corrected chi connectivity index (χ0v) is 22.1. The van der Waals surface area contributed by atoms with Gasteiger partial charge in [0.25, 0.3) is 17.5 Å². The highest BCUT2D eigenvalue weighted by Crippen LogP contribution is 2.40. The predicted molar refractivity (Wildman–Crippen MR) is 149 cm³/mol. The molecule has 0 saturated heterocycles. The molecule has 0 bridgehead atoms. The van der Waals surface area contributed by atoms with Crippen LogP contribution in [0.4, 0.5) is 17.1 Å². The molecule has 0 aliphatic carbocycles. The van der Waals surface area contributed by atoms with Gasteiger partial charge in [-0.3, -0.25) is 19.7 Å². The molecule has 0 radical (unpaired) electrons. The molecule has 194 valence electrons. The van der Waals surface area contributed by atoms with Crippen molar-refractivity contribution in [2.24, 2.45) is 0 Å². The minimum atomic E-state index is -0.867. The number of amides is 2. The summed E-state index contributed by atoms with van der Waals surface area (Å²) in [7, 11) is 0. The van der Waals surface area contributed by atoms with Crippen LogP contribution in [-0.2, 0) is 9.59 Å². The van der Waals surface area contributed by atoms with E-state index in [9.17, 15) is 19.7 Å². The quantitative estimate of drug-likeness (QED) is 0.253. The van der Waals surface area contributed by atoms with Crippen LogP contribution in [0.15, 0.2) is 89.3 Å². The zero-order chi connectivity index (χ0) is 27.6. The Morgan fingerprint density at radius 2 is 1.47 bits per heavy atom. The fourth-order valence-electron chi connectivity index (χ4n) is 4.56. The Bertz CT molecular complexity index is 1510. The van der Waals surface area contributed by atoms with Crippen LogP contribution in [0.3, 0.4) is 0 Å². The average molecular weight is 531 g/mol. The molecule has 3 aromatic carbocycles. The maximum atomic E-state index is 13.8. The van der Waals surface area contributed by atoms with Crippen LogP contribution in [0.1, 0.15) is 36.5 Å². The number of benzene rings is 3. The molecule has 1 aliphatic heterocycles. The first-order valence-electron chi connectivity index (χ1n) is 11.9. The van der Waals surface area contributed by atoms with Gasteiger partial charge in [0.2, 0.25) is 0 Å². The number of nitrogens with zero attached hydrogens (tertiary/aromatic N) is 1. The first-order valence-corrected chi connectivity index (χ1v) is 12.3. The van der Waals surface area contributed by atoms with Crippen molar-refractivity contribution in [1.29, 1.82) is 0 Å². The molecule has 9 heteroatoms. The Hall–Kier alpha value is -4.43. The molecule has 1 aliphatic rings. The number of allylic oxidation sites excluding steroid dienone is 2. The Labute approximate surface area is 225 Å². The number of dihydropyridines is 1. The van der Waals surface area contributed by atoms with Crippen LogP contribution >= 0.6 is 11.6 Å². The molecule has 1 unspecified atom stereocenters. The highest BCUT2D eigenvalue weighted by atomic mass is 35.5. The summed E-state index contributed by atoms with van der Waals surface area (Å²) in [6, 6.07) is 18.3. The third kappa shape index (κ3) is 5.45. The number of carbonyl (C=O) groups excluding carboxylic acids is 2. The molecule has 1 atom stereocenters. The van der Waals surface area contributed by atoms with Gasteiger partial charge in [0.1, 0.15) is 0 Å². The van der Waals surface area contributed by atoms with E-state index in [1.54, 1.807) is 50.2 Å². The van der Waals surface area contributed by atoms with Crippen molar-refractivity contribution in [3.05, 3.63) is 121 Å². The first-order chi connectivity index (χ1) is 18.1. The Morgan fingerprint density at radius 3 is 2.11 bits per heavy atom. The van der Waals surface area contributed by atoms with Crippen molar-refractivity contribution in [3.8, 4) is 0 Å². The number of aryl methyl sites for hydroxylation is 1. The number of halogens is 1. The Kier molecular flexibility index (Phi) is 7.64. The second kappa shape index (κ2) is 10.9. The number of nitro groups is 1. The van der Waals surface area contributed by atoms with E-state index < -0.39 is 22.7 Å². The van der Waals surface area contributed by atoms with E-state index in [4.69, 9.17) is 11.6 Å². The number of non-ortho nitro benzene ring substituents is 1. The van der Waals surface area contributed by atoms with Crippen molar-refractivity contribution in [3.63, 3.8) is 0 Å². The van der Waals surface area contributed by atoms with Crippen LogP contribution in [0.5, 0.6) is 0 Å². The van der Waals surface area contributed by atoms with Gasteiger partial charge in [-0.1, -0.05) is 35.9 Å². The summed E-state index contributed by atoms with van der Waals surface area (Å²) in [5, 5.41) is 21.1. The van der Waals surface area contributed by atoms with Crippen molar-refractivity contribution < 1.29 is 14.5 Å². The molecular weight excluding hydrogens is 504 g/mol. The van der Waals surface area contributed by atoms with E-state index in [2.05, 4.69) is 16.0 Å². The largest absolute Gasteiger partial charge is 0.362 e. The lowest BCUT2D eigenvalue weighted by atomic mass is 9.79. The minimum absolute atomic E-state index is 0.136. The van der Waals surface area contributed by atoms with Gasteiger partial charge in [0.05, 0.1) is 4.92 Å². The van der Waals surface area contributed by atoms with Crippen LogP contribution in [-0.4, -0.2) is 16.7 Å². The fraction of sp³-hybridized carbons (Fsp3) is 0.172. The van der Waals surface area contributed by atoms with E-state index in [0.717, 1.165) is 11.1 Å². The highest BCUT2D eigenvalue weighted by Gasteiger charge is 2.37. The number of rotatable bonds is 6. The topological polar surface area (TPSA) is 113 Å². The normalized spacial score (nSPS) is 15.1. The minimum Gasteiger partial charge on any atom is -0.362 e. The van der Waals surface area contributed by atoms with E-state index in [1.165, 1.54) is 12.1 Å². The smallest absolute Gasteiger partial charge is 0.269 e. The summed E-state index contributed by atoms with van der Waals surface area (Å²) < 4.78 is 0. The molecule has 38 heavy (non-hydrogen) atoms. The monoisotopic (exact) mass is 530 g/mol. The average Bonchev–Trinajstić information content (AvgIpc) is 2.87. The third-order valence-corrected chi connectivity index (χ3v) is 6.87. The van der Waals surface area contributed by atoms with Crippen LogP contribution in [0.25, 0.3) is 0 Å². The summed E-state index contributed by atoms with van der Waals surface area (Å²) in [6.45, 7) is 7.36. The lowest BCUT2D eigenvalue weighted by Gasteiger charge is -2.31. The van der Waals surface area contributed by atoms with Gasteiger partial charge in [0, 0.05) is 57.0 Å². The lowest BCUT2D eigenvalue weighted by molar-refractivity contribution is -0.384. The predicted octanol–water partition coefficient (Wildman–Crippen LogP) is 6.38. The number of anilines is 2. The maximum Gasteiger partial charge on any atom is 0.269 e. The van der Waals surface area contributed by atoms with Crippen molar-refractivity contribution in [2.45, 2.75) is 33.6 Å². The molecule has 0 saturated carbocycles. The van der Waals surface area contributed by atoms with E-state index in [1.807, 2.05) is 32.0 Å². The molecular formula is C29H27ClN4O4. The molecule has 0 fully saturated rings. The molecule has 2 amide bonds. The zero-order valence-electron chi connectivity index (χ0n) is 21.4. The molecule has 0 spiro atoms. The third-order valence-electron chi connectivity index (χ3n) is 6.62. The number of hydrogen-bond donors (Lipinski definition) is 3. The number of hydrogen-bond acceptors (Lipinski definition) is 5. The van der Waals surface area contributed by atoms with Gasteiger partial charge in [0.15, 0.2) is 0 Å². The van der Waals surface area contributed by atoms with Gasteiger partial charge in [-0.05, 0) is 74.7 Å². The molecule has 3 N–H and O–H groups in total. The second-order valence-corrected chi connectivity index (χ2v) is 9.59. The number of carbonyl (C=O) groups is 2. The molecule has 1 heterocycles. The number of nitro benzene ring substituents is 1. The number of nitrogens with one attached hydrogen (secondary N) is 3. The van der Waals surface area contributed by atoms with Gasteiger partial charge in [-0.2, -0.15) is 0 Å². The standard InChI is InChI=1S/C29H27ClN4O4/c1-16-7-5-10-24(17(16)2)33-29(36)26-19(4)31-18(3)25(28(35)32-22-13-11-21(30)12-14-22)27(26)20-8-6-9-23(15-20)34(37)38/h5-15,27,31H,1-4H3,(H,32,35)(H,33,36). The summed E-state index contributed by atoms with van der Waals surface area (Å²) in [4.78, 5) is 38.5. The van der Waals surface area contributed by atoms with Crippen molar-refractivity contribution in [2.75, 3.05) is 10.6 Å². The summed E-state index contributed by atoms with van der Waals surface area (Å²) in [5.41, 5.74) is 5.06. The van der Waals surface area contributed by atoms with Crippen LogP contribution in [0.2, 0.25) is 5.02 Å². The fourth-order valence-corrected chi connectivity index (χ4v) is 4.68. The van der Waals surface area contributed by atoms with Crippen molar-refractivity contribution in [1.82, 2.24) is 5.32 Å². The second-order valence-electron chi connectivity index (χ2n) is 9.15. The SMILES string of the molecule is CC1=C(C(=O)Nc2ccc(Cl)cc2)C(c2cccc([N+](=O)[O-])c2)C(C(=O)Nc2cccc(C)c2C)=C(C)N1. The first kappa shape index (κ1) is 26.6. The molecule has 0 aromatic heterocycles. The Morgan fingerprint density at radius 1 is 0.868 bits per heavy atom. The van der Waals surface area contributed by atoms with E-state index in [0.29, 0.717) is 38.9 Å². The molecule has 4 rings (SSSR count).